The summed E-state index contributed by atoms with van der Waals surface area (Å²) in [5, 5.41) is 14.2. The van der Waals surface area contributed by atoms with Crippen LogP contribution in [0.5, 0.6) is 0 Å². The monoisotopic (exact) mass is 246 g/mol. The summed E-state index contributed by atoms with van der Waals surface area (Å²) in [6.45, 7) is 0. The van der Waals surface area contributed by atoms with Crippen LogP contribution in [0.15, 0.2) is 54.9 Å². The van der Waals surface area contributed by atoms with Gasteiger partial charge in [0.05, 0.1) is 12.4 Å². The van der Waals surface area contributed by atoms with Crippen LogP contribution in [0.2, 0.25) is 0 Å². The Balaban J connectivity index is 1.99. The molecule has 0 amide bonds. The predicted molar refractivity (Wildman–Crippen MR) is 74.0 cm³/mol. The van der Waals surface area contributed by atoms with Gasteiger partial charge in [-0.3, -0.25) is 0 Å². The molecule has 0 radical (unpaired) electrons. The first kappa shape index (κ1) is 11.2. The van der Waals surface area contributed by atoms with E-state index in [0.29, 0.717) is 11.5 Å². The summed E-state index contributed by atoms with van der Waals surface area (Å²) in [6.07, 6.45) is 3.01. The number of aromatic nitrogens is 2. The Morgan fingerprint density at radius 3 is 2.58 bits per heavy atom. The van der Waals surface area contributed by atoms with Crippen molar-refractivity contribution in [3.63, 3.8) is 0 Å². The number of rotatable bonds is 2. The number of hydrogen-bond acceptors (Lipinski definition) is 4. The predicted octanol–water partition coefficient (Wildman–Crippen LogP) is 3.25. The number of benzene rings is 2. The fourth-order valence-corrected chi connectivity index (χ4v) is 1.92. The molecule has 0 saturated heterocycles. The van der Waals surface area contributed by atoms with E-state index in [1.54, 1.807) is 6.20 Å². The third kappa shape index (κ3) is 2.22. The quantitative estimate of drug-likeness (QED) is 0.754. The molecule has 0 unspecified atom stereocenters. The molecule has 1 N–H and O–H groups in total. The van der Waals surface area contributed by atoms with Crippen LogP contribution in [0.1, 0.15) is 5.69 Å². The molecular weight excluding hydrogens is 236 g/mol. The summed E-state index contributed by atoms with van der Waals surface area (Å²) in [6, 6.07) is 16.1. The molecule has 4 nitrogen and oxygen atoms in total. The average Bonchev–Trinajstić information content (AvgIpc) is 2.48. The highest BCUT2D eigenvalue weighted by molar-refractivity contribution is 5.95. The Morgan fingerprint density at radius 2 is 1.79 bits per heavy atom. The van der Waals surface area contributed by atoms with E-state index in [4.69, 9.17) is 5.26 Å². The highest BCUT2D eigenvalue weighted by Gasteiger charge is 2.02. The van der Waals surface area contributed by atoms with Crippen molar-refractivity contribution in [1.82, 2.24) is 9.97 Å². The number of fused-ring (bicyclic) bond motifs is 1. The van der Waals surface area contributed by atoms with E-state index in [-0.39, 0.29) is 0 Å². The molecule has 2 aromatic carbocycles. The second kappa shape index (κ2) is 4.75. The lowest BCUT2D eigenvalue weighted by atomic mass is 10.1. The van der Waals surface area contributed by atoms with Crippen molar-refractivity contribution in [3.05, 3.63) is 60.6 Å². The molecule has 0 aliphatic heterocycles. The normalized spacial score (nSPS) is 10.1. The lowest BCUT2D eigenvalue weighted by molar-refractivity contribution is 1.16. The van der Waals surface area contributed by atoms with E-state index in [9.17, 15) is 0 Å². The second-order valence-electron chi connectivity index (χ2n) is 4.05. The van der Waals surface area contributed by atoms with Crippen molar-refractivity contribution < 1.29 is 0 Å². The third-order valence-electron chi connectivity index (χ3n) is 2.82. The van der Waals surface area contributed by atoms with Crippen LogP contribution in [-0.4, -0.2) is 9.97 Å². The Bertz CT molecular complexity index is 752. The molecule has 3 rings (SSSR count). The van der Waals surface area contributed by atoms with Crippen LogP contribution in [-0.2, 0) is 0 Å². The molecule has 4 heteroatoms. The number of nitrogens with one attached hydrogen (secondary N) is 1. The van der Waals surface area contributed by atoms with Gasteiger partial charge in [0, 0.05) is 11.1 Å². The van der Waals surface area contributed by atoms with Crippen molar-refractivity contribution >= 4 is 22.3 Å². The van der Waals surface area contributed by atoms with Gasteiger partial charge in [0.15, 0.2) is 5.69 Å². The van der Waals surface area contributed by atoms with Gasteiger partial charge in [0.25, 0.3) is 0 Å². The van der Waals surface area contributed by atoms with Crippen molar-refractivity contribution in [1.29, 1.82) is 5.26 Å². The van der Waals surface area contributed by atoms with E-state index in [0.717, 1.165) is 16.5 Å². The first-order valence-corrected chi connectivity index (χ1v) is 5.84. The third-order valence-corrected chi connectivity index (χ3v) is 2.82. The first-order valence-electron chi connectivity index (χ1n) is 5.84. The highest BCUT2D eigenvalue weighted by atomic mass is 15.0. The molecule has 1 heterocycles. The summed E-state index contributed by atoms with van der Waals surface area (Å²) >= 11 is 0. The lowest BCUT2D eigenvalue weighted by Crippen LogP contribution is -1.96. The topological polar surface area (TPSA) is 61.6 Å². The largest absolute Gasteiger partial charge is 0.338 e. The second-order valence-corrected chi connectivity index (χ2v) is 4.05. The first-order chi connectivity index (χ1) is 9.36. The summed E-state index contributed by atoms with van der Waals surface area (Å²) in [4.78, 5) is 8.14. The number of anilines is 2. The van der Waals surface area contributed by atoms with Crippen molar-refractivity contribution in [2.45, 2.75) is 0 Å². The molecular formula is C15H10N4. The van der Waals surface area contributed by atoms with Gasteiger partial charge in [-0.15, -0.1) is 0 Å². The molecule has 0 saturated carbocycles. The van der Waals surface area contributed by atoms with Crippen molar-refractivity contribution in [2.75, 3.05) is 5.32 Å². The van der Waals surface area contributed by atoms with Gasteiger partial charge in [0.2, 0.25) is 0 Å². The maximum absolute atomic E-state index is 8.69. The molecule has 3 aromatic rings. The van der Waals surface area contributed by atoms with Gasteiger partial charge < -0.3 is 5.32 Å². The highest BCUT2D eigenvalue weighted by Crippen LogP contribution is 2.25. The van der Waals surface area contributed by atoms with Gasteiger partial charge in [-0.05, 0) is 11.5 Å². The average molecular weight is 246 g/mol. The molecule has 0 bridgehead atoms. The molecule has 0 spiro atoms. The van der Waals surface area contributed by atoms with Crippen LogP contribution in [0.4, 0.5) is 11.5 Å². The Morgan fingerprint density at radius 1 is 0.947 bits per heavy atom. The zero-order valence-electron chi connectivity index (χ0n) is 10.0. The summed E-state index contributed by atoms with van der Waals surface area (Å²) in [7, 11) is 0. The SMILES string of the molecule is N#Cc1cnc(Nc2cccc3ccccc23)cn1. The van der Waals surface area contributed by atoms with E-state index in [1.165, 1.54) is 6.20 Å². The molecule has 90 valence electrons. The van der Waals surface area contributed by atoms with Gasteiger partial charge in [0.1, 0.15) is 11.9 Å². The molecule has 0 atom stereocenters. The zero-order chi connectivity index (χ0) is 13.1. The molecule has 0 aliphatic rings. The molecule has 19 heavy (non-hydrogen) atoms. The summed E-state index contributed by atoms with van der Waals surface area (Å²) in [5.41, 5.74) is 1.28. The van der Waals surface area contributed by atoms with Crippen LogP contribution in [0, 0.1) is 11.3 Å². The van der Waals surface area contributed by atoms with Crippen LogP contribution in [0.3, 0.4) is 0 Å². The Kier molecular flexibility index (Phi) is 2.79. The van der Waals surface area contributed by atoms with Crippen molar-refractivity contribution in [3.8, 4) is 6.07 Å². The molecule has 0 fully saturated rings. The van der Waals surface area contributed by atoms with Crippen LogP contribution < -0.4 is 5.32 Å². The smallest absolute Gasteiger partial charge is 0.158 e. The van der Waals surface area contributed by atoms with E-state index >= 15 is 0 Å². The molecule has 1 aromatic heterocycles. The minimum atomic E-state index is 0.309. The summed E-state index contributed by atoms with van der Waals surface area (Å²) < 4.78 is 0. The standard InChI is InChI=1S/C15H10N4/c16-8-12-9-18-15(10-17-12)19-14-7-3-5-11-4-1-2-6-13(11)14/h1-7,9-10H,(H,18,19). The van der Waals surface area contributed by atoms with Gasteiger partial charge in [-0.25, -0.2) is 9.97 Å². The Hall–Kier alpha value is -2.93. The van der Waals surface area contributed by atoms with E-state index in [1.807, 2.05) is 30.3 Å². The van der Waals surface area contributed by atoms with Crippen LogP contribution >= 0.6 is 0 Å². The number of hydrogen-bond donors (Lipinski definition) is 1. The fourth-order valence-electron chi connectivity index (χ4n) is 1.92. The van der Waals surface area contributed by atoms with Crippen LogP contribution in [0.25, 0.3) is 10.8 Å². The fraction of sp³-hybridized carbons (Fsp3) is 0. The zero-order valence-corrected chi connectivity index (χ0v) is 10.0. The lowest BCUT2D eigenvalue weighted by Gasteiger charge is -2.08. The minimum absolute atomic E-state index is 0.309. The number of nitrogens with zero attached hydrogens (tertiary/aromatic N) is 3. The van der Waals surface area contributed by atoms with E-state index in [2.05, 4.69) is 33.5 Å². The Labute approximate surface area is 110 Å². The maximum Gasteiger partial charge on any atom is 0.158 e. The van der Waals surface area contributed by atoms with Gasteiger partial charge >= 0.3 is 0 Å². The molecule has 0 aliphatic carbocycles. The van der Waals surface area contributed by atoms with Gasteiger partial charge in [-0.2, -0.15) is 5.26 Å². The van der Waals surface area contributed by atoms with Crippen molar-refractivity contribution in [2.24, 2.45) is 0 Å². The van der Waals surface area contributed by atoms with Gasteiger partial charge in [-0.1, -0.05) is 36.4 Å². The minimum Gasteiger partial charge on any atom is -0.338 e. The number of nitriles is 1. The summed E-state index contributed by atoms with van der Waals surface area (Å²) in [5.74, 6) is 0.621. The maximum atomic E-state index is 8.69. The van der Waals surface area contributed by atoms with E-state index < -0.39 is 0 Å².